The molecule has 5 heteroatoms. The van der Waals surface area contributed by atoms with Crippen LogP contribution in [-0.2, 0) is 9.59 Å². The van der Waals surface area contributed by atoms with Crippen molar-refractivity contribution in [3.63, 3.8) is 0 Å². The van der Waals surface area contributed by atoms with Crippen molar-refractivity contribution in [1.82, 2.24) is 0 Å². The van der Waals surface area contributed by atoms with Gasteiger partial charge in [0, 0.05) is 19.3 Å². The van der Waals surface area contributed by atoms with E-state index in [0.29, 0.717) is 101 Å². The zero-order chi connectivity index (χ0) is 106. The smallest absolute Gasteiger partial charge is 0.155 e. The van der Waals surface area contributed by atoms with Crippen molar-refractivity contribution >= 4 is 11.6 Å². The first-order valence-corrected chi connectivity index (χ1v) is 65.3. The van der Waals surface area contributed by atoms with Crippen LogP contribution in [0.4, 0.5) is 0 Å². The summed E-state index contributed by atoms with van der Waals surface area (Å²) >= 11 is 0. The Morgan fingerprint density at radius 1 is 0.306 bits per heavy atom. The lowest BCUT2D eigenvalue weighted by Gasteiger charge is -2.61. The van der Waals surface area contributed by atoms with Gasteiger partial charge in [-0.05, 0) is 530 Å². The molecule has 0 aromatic rings. The number of allylic oxidation sites excluding steroid dienone is 11. The van der Waals surface area contributed by atoms with E-state index >= 15 is 0 Å². The summed E-state index contributed by atoms with van der Waals surface area (Å²) in [6.45, 7) is 74.4. The van der Waals surface area contributed by atoms with E-state index in [9.17, 15) is 24.9 Å². The fourth-order valence-corrected chi connectivity index (χ4v) is 43.7. The van der Waals surface area contributed by atoms with Gasteiger partial charge in [0.05, 0.1) is 18.3 Å². The van der Waals surface area contributed by atoms with Gasteiger partial charge in [-0.1, -0.05) is 311 Å². The second-order valence-electron chi connectivity index (χ2n) is 62.5. The second kappa shape index (κ2) is 46.7. The molecule has 16 fully saturated rings. The lowest BCUT2D eigenvalue weighted by molar-refractivity contribution is -0.128. The zero-order valence-electron chi connectivity index (χ0n) is 102. The molecule has 20 aliphatic rings. The van der Waals surface area contributed by atoms with Crippen molar-refractivity contribution < 1.29 is 24.9 Å². The fourth-order valence-electron chi connectivity index (χ4n) is 43.7. The van der Waals surface area contributed by atoms with Gasteiger partial charge in [0.1, 0.15) is 5.78 Å². The van der Waals surface area contributed by atoms with Crippen LogP contribution in [0.5, 0.6) is 0 Å². The molecule has 16 saturated carbocycles. The van der Waals surface area contributed by atoms with Gasteiger partial charge in [-0.2, -0.15) is 0 Å². The van der Waals surface area contributed by atoms with Crippen LogP contribution in [0.15, 0.2) is 83.6 Å². The Balaban J connectivity index is 0.000000131. The molecule has 147 heavy (non-hydrogen) atoms. The van der Waals surface area contributed by atoms with Gasteiger partial charge in [-0.3, -0.25) is 9.59 Å². The van der Waals surface area contributed by atoms with Crippen LogP contribution >= 0.6 is 0 Å². The normalized spacial score (nSPS) is 46.2. The molecule has 45 atom stereocenters. The first-order valence-electron chi connectivity index (χ1n) is 65.3. The van der Waals surface area contributed by atoms with Crippen LogP contribution in [0.3, 0.4) is 0 Å². The summed E-state index contributed by atoms with van der Waals surface area (Å²) in [5.41, 5.74) is 9.44. The standard InChI is InChI=1S/C29H50O.C29H48O.C28H48O.C28H46O.C28H44O/c2*1-7-21(19(2)3)9-8-20(4)25-12-13-26-24-11-10-22-18-23(30)14-16-28(22,5)27(24)15-17-29(25,26)6;3*1-18(2)19(3)7-8-20(4)24-11-12-25-23-10-9-21-17-22(29)13-15-27(21,5)26(23)14-16-28(24,25)6/h10,19-21,23-27,30H,7-9,11-18H2,1-6H3;18-21,24-27H,7-17H2,1-6H3;7-8,18-26,29H,9-17H2,1-6H3;7-9,18-20,22-26,29H,10-17H2,1-6H3;7-10,18-21,23-26H,11-17H2,1-6H3/b;;3*8-7+/t20-,21-,23+,24?,25?,26?,27?,28+,29-;20-,21-,24?,25?,26?,27?,28+,29-;19-,20+,21?,22-,23?,24?,25?,26?,27-,28+;19-,20+,22?,23?,24?,25?,26?,27-,28+;19-,20+,21?,23?,24?,25?,26?,27-,28+/m11000/s1. The quantitative estimate of drug-likeness (QED) is 0.0837. The molecule has 0 heterocycles. The van der Waals surface area contributed by atoms with Crippen LogP contribution < -0.4 is 0 Å². The summed E-state index contributed by atoms with van der Waals surface area (Å²) in [5, 5.41) is 30.7. The van der Waals surface area contributed by atoms with Crippen molar-refractivity contribution in [2.45, 2.75) is 521 Å². The molecule has 0 aromatic carbocycles. The Hall–Kier alpha value is -2.60. The second-order valence-corrected chi connectivity index (χ2v) is 62.5. The highest BCUT2D eigenvalue weighted by atomic mass is 16.3. The largest absolute Gasteiger partial charge is 0.393 e. The van der Waals surface area contributed by atoms with Crippen LogP contribution in [0.25, 0.3) is 0 Å². The molecule has 0 spiro atoms. The van der Waals surface area contributed by atoms with Gasteiger partial charge in [-0.15, -0.1) is 0 Å². The van der Waals surface area contributed by atoms with Crippen LogP contribution in [0, 0.1) is 273 Å². The molecule has 5 nitrogen and oxygen atoms in total. The predicted molar refractivity (Wildman–Crippen MR) is 625 cm³/mol. The number of fused-ring (bicyclic) bond motifs is 25. The minimum atomic E-state index is -0.0866. The van der Waals surface area contributed by atoms with Gasteiger partial charge in [-0.25, -0.2) is 0 Å². The van der Waals surface area contributed by atoms with Crippen molar-refractivity contribution in [3.8, 4) is 0 Å². The van der Waals surface area contributed by atoms with E-state index in [1.165, 1.54) is 230 Å². The van der Waals surface area contributed by atoms with E-state index in [1.54, 1.807) is 11.1 Å². The SMILES string of the molecule is CC(C)[C@@H](C)/C=C/[C@@H](C)C1CCC2C3C=CC4CC(=O)CC[C@]4(C)C3CC[C@@]21C.CC(C)[C@@H](C)/C=C/[C@@H](C)C1CCC2C3CC=C4CC(O)CC[C@]4(C)C3CC[C@@]21C.CC(C)[C@@H](C)/C=C/[C@@H](C)C1CCC2C3CCC4C[C@@H](O)CC[C@]4(C)C3CC[C@@]21C.CC[C@H](CC[C@@H](C)C1CCC2C3CC=C4C[C@@H](O)CC[C@]4(C)C3CC[C@@]21C)C(C)C.CC[C@H](CC[C@@H](C)C1CCC2C3CCC4=CC(=O)CC[C@]4(C)C3CC[C@@]21C)C(C)C. The molecule has 0 aromatic heterocycles. The van der Waals surface area contributed by atoms with E-state index in [4.69, 9.17) is 0 Å². The minimum absolute atomic E-state index is 0.0183. The van der Waals surface area contributed by atoms with Crippen molar-refractivity contribution in [3.05, 3.63) is 83.6 Å². The summed E-state index contributed by atoms with van der Waals surface area (Å²) in [5.74, 6) is 31.5. The van der Waals surface area contributed by atoms with Crippen LogP contribution in [-0.4, -0.2) is 45.2 Å². The van der Waals surface area contributed by atoms with E-state index < -0.39 is 0 Å². The molecule has 834 valence electrons. The Bertz CT molecular complexity index is 4570. The molecular formula is C142H236O5. The third-order valence-electron chi connectivity index (χ3n) is 54.6. The van der Waals surface area contributed by atoms with E-state index in [-0.39, 0.29) is 18.3 Å². The van der Waals surface area contributed by atoms with Crippen LogP contribution in [0.1, 0.15) is 503 Å². The Kier molecular flexibility index (Phi) is 37.2. The zero-order valence-corrected chi connectivity index (χ0v) is 102. The summed E-state index contributed by atoms with van der Waals surface area (Å²) < 4.78 is 0. The Labute approximate surface area is 908 Å². The monoisotopic (exact) mass is 2020 g/mol. The van der Waals surface area contributed by atoms with Crippen molar-refractivity contribution in [2.75, 3.05) is 0 Å². The number of hydrogen-bond acceptors (Lipinski definition) is 5. The van der Waals surface area contributed by atoms with Gasteiger partial charge in [0.25, 0.3) is 0 Å². The minimum Gasteiger partial charge on any atom is -0.393 e. The molecule has 0 saturated heterocycles. The average molecular weight is 2020 g/mol. The van der Waals surface area contributed by atoms with E-state index in [2.05, 4.69) is 275 Å². The number of aliphatic hydroxyl groups is 3. The van der Waals surface area contributed by atoms with Gasteiger partial charge in [0.15, 0.2) is 5.78 Å². The maximum absolute atomic E-state index is 12.1. The number of carbonyl (C=O) groups excluding carboxylic acids is 2. The highest BCUT2D eigenvalue weighted by molar-refractivity contribution is 5.91. The molecule has 23 unspecified atom stereocenters. The lowest BCUT2D eigenvalue weighted by atomic mass is 9.44. The maximum Gasteiger partial charge on any atom is 0.155 e. The van der Waals surface area contributed by atoms with E-state index in [1.807, 2.05) is 0 Å². The molecule has 0 bridgehead atoms. The molecule has 0 amide bonds. The number of rotatable bonds is 24. The summed E-state index contributed by atoms with van der Waals surface area (Å²) in [6.07, 6.45) is 86.9. The number of aliphatic hydroxyl groups excluding tert-OH is 3. The predicted octanol–water partition coefficient (Wildman–Crippen LogP) is 38.6. The summed E-state index contributed by atoms with van der Waals surface area (Å²) in [4.78, 5) is 24.2. The third-order valence-corrected chi connectivity index (χ3v) is 54.6. The molecule has 0 radical (unpaired) electrons. The van der Waals surface area contributed by atoms with Crippen molar-refractivity contribution in [1.29, 1.82) is 0 Å². The first-order chi connectivity index (χ1) is 69.4. The molecular weight excluding hydrogens is 1790 g/mol. The molecule has 20 rings (SSSR count). The third kappa shape index (κ3) is 22.6. The van der Waals surface area contributed by atoms with Gasteiger partial charge < -0.3 is 15.3 Å². The average Bonchev–Trinajstić information content (AvgIpc) is 1.64. The number of hydrogen-bond donors (Lipinski definition) is 3. The highest BCUT2D eigenvalue weighted by Gasteiger charge is 2.67. The topological polar surface area (TPSA) is 94.8 Å². The fraction of sp³-hybridized carbons (Fsp3) is 0.887. The Morgan fingerprint density at radius 2 is 0.667 bits per heavy atom. The molecule has 20 aliphatic carbocycles. The maximum atomic E-state index is 12.1. The number of Topliss-reactive ketones (excluding diaryl/α,β-unsaturated/α-hetero) is 1. The number of carbonyl (C=O) groups is 2. The molecule has 3 N–H and O–H groups in total. The number of ketones is 2. The van der Waals surface area contributed by atoms with E-state index in [0.717, 1.165) is 254 Å². The Morgan fingerprint density at radius 3 is 1.10 bits per heavy atom. The summed E-state index contributed by atoms with van der Waals surface area (Å²) in [7, 11) is 0. The van der Waals surface area contributed by atoms with Gasteiger partial charge in [0.2, 0.25) is 0 Å². The van der Waals surface area contributed by atoms with Gasteiger partial charge >= 0.3 is 0 Å². The molecule has 0 aliphatic heterocycles. The lowest BCUT2D eigenvalue weighted by Crippen LogP contribution is -2.54. The van der Waals surface area contributed by atoms with Crippen LogP contribution in [0.2, 0.25) is 0 Å². The first kappa shape index (κ1) is 117. The summed E-state index contributed by atoms with van der Waals surface area (Å²) in [6, 6.07) is 0. The van der Waals surface area contributed by atoms with Crippen molar-refractivity contribution in [2.24, 2.45) is 273 Å². The highest BCUT2D eigenvalue weighted by Crippen LogP contribution is 2.75.